The molecule has 0 spiro atoms. The second-order valence-electron chi connectivity index (χ2n) is 21.4. The zero-order valence-electron chi connectivity index (χ0n) is 45.4. The van der Waals surface area contributed by atoms with Gasteiger partial charge < -0.3 is 19.8 Å². The van der Waals surface area contributed by atoms with Crippen molar-refractivity contribution in [2.75, 3.05) is 40.9 Å². The van der Waals surface area contributed by atoms with Crippen molar-refractivity contribution in [3.05, 3.63) is 24.3 Å². The molecule has 0 aromatic carbocycles. The largest absolute Gasteiger partial charge is 0.472 e. The lowest BCUT2D eigenvalue weighted by atomic mass is 10.0. The normalized spacial score (nSPS) is 14.1. The van der Waals surface area contributed by atoms with Crippen LogP contribution in [-0.2, 0) is 18.4 Å². The molecule has 0 aliphatic rings. The second-order valence-corrected chi connectivity index (χ2v) is 22.8. The van der Waals surface area contributed by atoms with E-state index in [0.717, 1.165) is 38.5 Å². The number of quaternary nitrogens is 1. The first-order valence-corrected chi connectivity index (χ1v) is 30.7. The molecule has 0 aliphatic carbocycles. The molecule has 9 heteroatoms. The molecule has 398 valence electrons. The maximum absolute atomic E-state index is 12.9. The number of rotatable bonds is 54. The van der Waals surface area contributed by atoms with Crippen LogP contribution in [0.1, 0.15) is 290 Å². The maximum atomic E-state index is 12.9. The lowest BCUT2D eigenvalue weighted by Crippen LogP contribution is -2.45. The number of carbonyl (C=O) groups is 1. The molecule has 0 rings (SSSR count). The van der Waals surface area contributed by atoms with E-state index in [1.54, 1.807) is 6.08 Å². The van der Waals surface area contributed by atoms with Crippen LogP contribution in [0.15, 0.2) is 24.3 Å². The Balaban J connectivity index is 3.86. The molecule has 0 fully saturated rings. The number of nitrogens with zero attached hydrogens (tertiary/aromatic N) is 1. The van der Waals surface area contributed by atoms with E-state index in [-0.39, 0.29) is 19.1 Å². The average Bonchev–Trinajstić information content (AvgIpc) is 3.29. The predicted molar refractivity (Wildman–Crippen MR) is 291 cm³/mol. The van der Waals surface area contributed by atoms with Gasteiger partial charge in [0.25, 0.3) is 0 Å². The Hall–Kier alpha value is -1.02. The summed E-state index contributed by atoms with van der Waals surface area (Å²) in [4.78, 5) is 23.2. The van der Waals surface area contributed by atoms with E-state index in [1.165, 1.54) is 231 Å². The van der Waals surface area contributed by atoms with Gasteiger partial charge in [-0.3, -0.25) is 13.8 Å². The Morgan fingerprint density at radius 1 is 0.493 bits per heavy atom. The number of amides is 1. The summed E-state index contributed by atoms with van der Waals surface area (Å²) in [5, 5.41) is 13.8. The highest BCUT2D eigenvalue weighted by Gasteiger charge is 2.27. The number of aliphatic hydroxyl groups is 1. The van der Waals surface area contributed by atoms with Crippen LogP contribution in [0.2, 0.25) is 0 Å². The minimum atomic E-state index is -4.34. The van der Waals surface area contributed by atoms with Crippen LogP contribution >= 0.6 is 7.82 Å². The summed E-state index contributed by atoms with van der Waals surface area (Å²) in [6, 6.07) is -0.858. The van der Waals surface area contributed by atoms with Crippen molar-refractivity contribution >= 4 is 13.7 Å². The third-order valence-corrected chi connectivity index (χ3v) is 14.4. The molecule has 3 N–H and O–H groups in total. The highest BCUT2D eigenvalue weighted by Crippen LogP contribution is 2.43. The predicted octanol–water partition coefficient (Wildman–Crippen LogP) is 17.6. The first kappa shape index (κ1) is 66.0. The van der Waals surface area contributed by atoms with Gasteiger partial charge in [-0.2, -0.15) is 0 Å². The summed E-state index contributed by atoms with van der Waals surface area (Å²) < 4.78 is 23.6. The van der Waals surface area contributed by atoms with Gasteiger partial charge in [0.05, 0.1) is 39.9 Å². The SMILES string of the molecule is CCCCCC/C=C/CC/C=C/C(O)C(COP(=O)(O)OCC[N+](C)(C)C)NC(=O)CCCCCCCCCCCCCCCCCCCCCCCCCCCCCCCCCCCCC. The van der Waals surface area contributed by atoms with Gasteiger partial charge in [-0.25, -0.2) is 4.57 Å². The summed E-state index contributed by atoms with van der Waals surface area (Å²) in [6.07, 6.45) is 63.3. The Morgan fingerprint density at radius 2 is 0.821 bits per heavy atom. The Morgan fingerprint density at radius 3 is 1.19 bits per heavy atom. The monoisotopic (exact) mass is 968 g/mol. The first-order valence-electron chi connectivity index (χ1n) is 29.2. The molecule has 0 aromatic heterocycles. The third-order valence-electron chi connectivity index (χ3n) is 13.4. The van der Waals surface area contributed by atoms with Gasteiger partial charge in [-0.05, 0) is 32.1 Å². The number of nitrogens with one attached hydrogen (secondary N) is 1. The lowest BCUT2D eigenvalue weighted by molar-refractivity contribution is -0.870. The third kappa shape index (κ3) is 52.6. The molecule has 0 aliphatic heterocycles. The van der Waals surface area contributed by atoms with E-state index < -0.39 is 20.0 Å². The van der Waals surface area contributed by atoms with Crippen molar-refractivity contribution in [3.63, 3.8) is 0 Å². The molecule has 0 radical (unpaired) electrons. The number of allylic oxidation sites excluding steroid dienone is 3. The molecule has 0 saturated carbocycles. The number of unbranched alkanes of at least 4 members (excludes halogenated alkanes) is 39. The van der Waals surface area contributed by atoms with Crippen molar-refractivity contribution < 1.29 is 32.9 Å². The number of aliphatic hydroxyl groups excluding tert-OH is 1. The van der Waals surface area contributed by atoms with Gasteiger partial charge in [-0.1, -0.05) is 276 Å². The van der Waals surface area contributed by atoms with Crippen molar-refractivity contribution in [2.45, 2.75) is 302 Å². The van der Waals surface area contributed by atoms with Crippen LogP contribution in [0.25, 0.3) is 0 Å². The van der Waals surface area contributed by atoms with E-state index in [4.69, 9.17) is 9.05 Å². The molecule has 0 bridgehead atoms. The van der Waals surface area contributed by atoms with Gasteiger partial charge in [0, 0.05) is 6.42 Å². The lowest BCUT2D eigenvalue weighted by Gasteiger charge is -2.25. The van der Waals surface area contributed by atoms with Gasteiger partial charge in [0.15, 0.2) is 0 Å². The van der Waals surface area contributed by atoms with Crippen molar-refractivity contribution in [3.8, 4) is 0 Å². The molecule has 8 nitrogen and oxygen atoms in total. The maximum Gasteiger partial charge on any atom is 0.472 e. The fourth-order valence-electron chi connectivity index (χ4n) is 8.83. The Kier molecular flexibility index (Phi) is 49.2. The topological polar surface area (TPSA) is 105 Å². The molecular formula is C58H116N2O6P+. The van der Waals surface area contributed by atoms with E-state index >= 15 is 0 Å². The number of hydrogen-bond donors (Lipinski definition) is 3. The van der Waals surface area contributed by atoms with E-state index in [9.17, 15) is 19.4 Å². The fourth-order valence-corrected chi connectivity index (χ4v) is 9.56. The number of carbonyl (C=O) groups excluding carboxylic acids is 1. The van der Waals surface area contributed by atoms with Crippen molar-refractivity contribution in [1.29, 1.82) is 0 Å². The summed E-state index contributed by atoms with van der Waals surface area (Å²) in [5.41, 5.74) is 0. The molecule has 3 unspecified atom stereocenters. The fraction of sp³-hybridized carbons (Fsp3) is 0.914. The molecule has 0 aromatic rings. The number of likely N-dealkylation sites (N-methyl/N-ethyl adjacent to an activating group) is 1. The highest BCUT2D eigenvalue weighted by atomic mass is 31.2. The Labute approximate surface area is 417 Å². The summed E-state index contributed by atoms with van der Waals surface area (Å²) in [7, 11) is 1.56. The van der Waals surface area contributed by atoms with E-state index in [0.29, 0.717) is 17.4 Å². The van der Waals surface area contributed by atoms with Crippen LogP contribution in [0.4, 0.5) is 0 Å². The van der Waals surface area contributed by atoms with Crippen LogP contribution in [0.3, 0.4) is 0 Å². The first-order chi connectivity index (χ1) is 32.5. The smallest absolute Gasteiger partial charge is 0.387 e. The van der Waals surface area contributed by atoms with Crippen LogP contribution in [0.5, 0.6) is 0 Å². The molecule has 67 heavy (non-hydrogen) atoms. The molecule has 0 heterocycles. The van der Waals surface area contributed by atoms with Gasteiger partial charge in [-0.15, -0.1) is 0 Å². The standard InChI is InChI=1S/C58H115N2O6P/c1-6-8-10-12-14-16-18-19-20-21-22-23-24-25-26-27-28-29-30-31-32-33-34-35-36-37-38-39-40-41-42-44-46-48-50-52-58(62)59-56(55-66-67(63,64)65-54-53-60(3,4)5)57(61)51-49-47-45-43-17-15-13-11-9-7-2/h17,43,49,51,56-57,61H,6-16,18-42,44-48,50,52-55H2,1-5H3,(H-,59,62,63,64)/p+1/b43-17+,51-49+. The van der Waals surface area contributed by atoms with Gasteiger partial charge in [0.2, 0.25) is 5.91 Å². The summed E-state index contributed by atoms with van der Waals surface area (Å²) in [5.74, 6) is -0.184. The molecule has 0 saturated heterocycles. The van der Waals surface area contributed by atoms with Crippen LogP contribution in [-0.4, -0.2) is 73.4 Å². The quantitative estimate of drug-likeness (QED) is 0.0243. The summed E-state index contributed by atoms with van der Waals surface area (Å²) in [6.45, 7) is 4.79. The Bertz CT molecular complexity index is 1140. The van der Waals surface area contributed by atoms with Gasteiger partial charge in [0.1, 0.15) is 13.2 Å². The number of hydrogen-bond acceptors (Lipinski definition) is 5. The van der Waals surface area contributed by atoms with E-state index in [1.807, 2.05) is 27.2 Å². The van der Waals surface area contributed by atoms with Crippen LogP contribution in [0, 0.1) is 0 Å². The molecule has 1 amide bonds. The van der Waals surface area contributed by atoms with Crippen molar-refractivity contribution in [2.24, 2.45) is 0 Å². The van der Waals surface area contributed by atoms with Crippen LogP contribution < -0.4 is 5.32 Å². The molecular weight excluding hydrogens is 852 g/mol. The zero-order chi connectivity index (χ0) is 49.2. The number of phosphoric acid groups is 1. The molecule has 3 atom stereocenters. The summed E-state index contributed by atoms with van der Waals surface area (Å²) >= 11 is 0. The number of phosphoric ester groups is 1. The minimum absolute atomic E-state index is 0.0582. The van der Waals surface area contributed by atoms with Gasteiger partial charge >= 0.3 is 7.82 Å². The van der Waals surface area contributed by atoms with Crippen molar-refractivity contribution in [1.82, 2.24) is 5.32 Å². The average molecular weight is 969 g/mol. The minimum Gasteiger partial charge on any atom is -0.387 e. The highest BCUT2D eigenvalue weighted by molar-refractivity contribution is 7.47. The zero-order valence-corrected chi connectivity index (χ0v) is 46.3. The van der Waals surface area contributed by atoms with E-state index in [2.05, 4.69) is 31.3 Å². The second kappa shape index (κ2) is 49.9.